The molecule has 188 valence electrons. The predicted molar refractivity (Wildman–Crippen MR) is 127 cm³/mol. The highest BCUT2D eigenvalue weighted by Gasteiger charge is 2.39. The van der Waals surface area contributed by atoms with Crippen LogP contribution in [0.5, 0.6) is 11.5 Å². The highest BCUT2D eigenvalue weighted by Crippen LogP contribution is 2.36. The van der Waals surface area contributed by atoms with Crippen molar-refractivity contribution in [1.82, 2.24) is 9.29 Å². The van der Waals surface area contributed by atoms with Crippen molar-refractivity contribution < 1.29 is 31.1 Å². The normalized spacial score (nSPS) is 15.3. The van der Waals surface area contributed by atoms with Crippen molar-refractivity contribution in [3.63, 3.8) is 0 Å². The van der Waals surface area contributed by atoms with E-state index < -0.39 is 26.7 Å². The molecule has 0 aliphatic carbocycles. The number of hydrogen-bond acceptors (Lipinski definition) is 7. The molecule has 12 heteroatoms. The summed E-state index contributed by atoms with van der Waals surface area (Å²) in [5.74, 6) is 1.38. The number of nitrogens with zero attached hydrogens (tertiary/aromatic N) is 3. The molecule has 1 aliphatic rings. The number of ether oxygens (including phenoxy) is 2. The number of anilines is 1. The van der Waals surface area contributed by atoms with E-state index in [2.05, 4.69) is 4.98 Å². The second-order valence-electron chi connectivity index (χ2n) is 7.86. The Balaban J connectivity index is 1.44. The summed E-state index contributed by atoms with van der Waals surface area (Å²) in [6.45, 7) is 0.782. The van der Waals surface area contributed by atoms with E-state index in [1.807, 2.05) is 22.4 Å². The Hall–Kier alpha value is -2.83. The lowest BCUT2D eigenvalue weighted by Crippen LogP contribution is -2.49. The van der Waals surface area contributed by atoms with Crippen LogP contribution >= 0.6 is 11.3 Å². The maximum Gasteiger partial charge on any atom is 0.417 e. The quantitative estimate of drug-likeness (QED) is 0.457. The van der Waals surface area contributed by atoms with Gasteiger partial charge >= 0.3 is 6.18 Å². The lowest BCUT2D eigenvalue weighted by Gasteiger charge is -2.34. The zero-order chi connectivity index (χ0) is 25.2. The number of alkyl halides is 3. The third-order valence-corrected chi connectivity index (χ3v) is 8.63. The molecule has 0 bridgehead atoms. The zero-order valence-corrected chi connectivity index (χ0v) is 20.7. The van der Waals surface area contributed by atoms with Crippen LogP contribution in [0.2, 0.25) is 0 Å². The second-order valence-corrected chi connectivity index (χ2v) is 10.6. The SMILES string of the molecule is COc1ccc(Cc2csc(N3CCN(S(=O)(=O)c4ccccc4C(F)(F)F)CC3)n2)c(OC)c1. The van der Waals surface area contributed by atoms with Gasteiger partial charge in [-0.05, 0) is 18.2 Å². The van der Waals surface area contributed by atoms with Crippen LogP contribution in [0.25, 0.3) is 0 Å². The minimum atomic E-state index is -4.75. The van der Waals surface area contributed by atoms with Crippen LogP contribution in [-0.2, 0) is 22.6 Å². The van der Waals surface area contributed by atoms with Crippen LogP contribution in [0.15, 0.2) is 52.7 Å². The summed E-state index contributed by atoms with van der Waals surface area (Å²) >= 11 is 1.44. The Bertz CT molecular complexity index is 1290. The molecule has 1 saturated heterocycles. The maximum absolute atomic E-state index is 13.4. The third kappa shape index (κ3) is 5.39. The smallest absolute Gasteiger partial charge is 0.417 e. The van der Waals surface area contributed by atoms with Gasteiger partial charge in [-0.15, -0.1) is 11.3 Å². The van der Waals surface area contributed by atoms with Crippen LogP contribution in [-0.4, -0.2) is 58.1 Å². The van der Waals surface area contributed by atoms with Crippen molar-refractivity contribution in [2.45, 2.75) is 17.5 Å². The van der Waals surface area contributed by atoms with Crippen LogP contribution in [0.4, 0.5) is 18.3 Å². The summed E-state index contributed by atoms with van der Waals surface area (Å²) in [4.78, 5) is 5.91. The van der Waals surface area contributed by atoms with E-state index >= 15 is 0 Å². The average molecular weight is 528 g/mol. The number of piperazine rings is 1. The van der Waals surface area contributed by atoms with Crippen LogP contribution in [0.3, 0.4) is 0 Å². The minimum Gasteiger partial charge on any atom is -0.497 e. The summed E-state index contributed by atoms with van der Waals surface area (Å²) in [5, 5.41) is 2.67. The highest BCUT2D eigenvalue weighted by molar-refractivity contribution is 7.89. The van der Waals surface area contributed by atoms with Crippen molar-refractivity contribution in [2.75, 3.05) is 45.3 Å². The van der Waals surface area contributed by atoms with E-state index in [1.54, 1.807) is 20.3 Å². The first-order valence-electron chi connectivity index (χ1n) is 10.7. The van der Waals surface area contributed by atoms with Crippen LogP contribution < -0.4 is 14.4 Å². The number of methoxy groups -OCH3 is 2. The van der Waals surface area contributed by atoms with E-state index in [1.165, 1.54) is 23.5 Å². The molecule has 1 aliphatic heterocycles. The lowest BCUT2D eigenvalue weighted by molar-refractivity contribution is -0.139. The van der Waals surface area contributed by atoms with Gasteiger partial charge in [0.15, 0.2) is 5.13 Å². The Morgan fingerprint density at radius 3 is 2.40 bits per heavy atom. The minimum absolute atomic E-state index is 0.0652. The van der Waals surface area contributed by atoms with Gasteiger partial charge in [0.25, 0.3) is 0 Å². The lowest BCUT2D eigenvalue weighted by atomic mass is 10.1. The number of benzene rings is 2. The molecule has 2 aromatic carbocycles. The van der Waals surface area contributed by atoms with Gasteiger partial charge in [0.1, 0.15) is 11.5 Å². The standard InChI is InChI=1S/C23H24F3N3O4S2/c1-32-18-8-7-16(20(14-18)33-2)13-17-15-34-22(27-17)28-9-11-29(12-10-28)35(30,31)21-6-4-3-5-19(21)23(24,25)26/h3-8,14-15H,9-13H2,1-2H3. The van der Waals surface area contributed by atoms with Gasteiger partial charge in [0, 0.05) is 49.6 Å². The summed E-state index contributed by atoms with van der Waals surface area (Å²) in [6, 6.07) is 9.85. The molecule has 1 fully saturated rings. The molecule has 1 aromatic heterocycles. The maximum atomic E-state index is 13.4. The van der Waals surface area contributed by atoms with Gasteiger partial charge in [-0.2, -0.15) is 17.5 Å². The predicted octanol–water partition coefficient (Wildman–Crippen LogP) is 4.28. The molecule has 35 heavy (non-hydrogen) atoms. The van der Waals surface area contributed by atoms with Crippen molar-refractivity contribution >= 4 is 26.5 Å². The molecule has 0 radical (unpaired) electrons. The number of thiazole rings is 1. The molecule has 7 nitrogen and oxygen atoms in total. The van der Waals surface area contributed by atoms with Crippen LogP contribution in [0, 0.1) is 0 Å². The summed E-state index contributed by atoms with van der Waals surface area (Å²) in [7, 11) is -1.11. The number of halogens is 3. The number of rotatable bonds is 7. The first-order valence-corrected chi connectivity index (χ1v) is 13.0. The monoisotopic (exact) mass is 527 g/mol. The largest absolute Gasteiger partial charge is 0.497 e. The van der Waals surface area contributed by atoms with Gasteiger partial charge in [-0.25, -0.2) is 13.4 Å². The Morgan fingerprint density at radius 1 is 1.03 bits per heavy atom. The number of sulfonamides is 1. The molecule has 0 atom stereocenters. The van der Waals surface area contributed by atoms with Crippen molar-refractivity contribution in [1.29, 1.82) is 0 Å². The fourth-order valence-electron chi connectivity index (χ4n) is 3.90. The van der Waals surface area contributed by atoms with E-state index in [4.69, 9.17) is 9.47 Å². The van der Waals surface area contributed by atoms with Gasteiger partial charge in [-0.3, -0.25) is 0 Å². The molecule has 0 amide bonds. The Kier molecular flexibility index (Phi) is 7.25. The summed E-state index contributed by atoms with van der Waals surface area (Å²) < 4.78 is 77.8. The van der Waals surface area contributed by atoms with Crippen molar-refractivity contribution in [3.8, 4) is 11.5 Å². The Labute approximate surface area is 205 Å². The number of aromatic nitrogens is 1. The molecule has 3 aromatic rings. The van der Waals surface area contributed by atoms with Gasteiger partial charge in [0.2, 0.25) is 10.0 Å². The fourth-order valence-corrected chi connectivity index (χ4v) is 6.41. The molecule has 4 rings (SSSR count). The second kappa shape index (κ2) is 10.0. The molecule has 0 saturated carbocycles. The first-order chi connectivity index (χ1) is 16.6. The Morgan fingerprint density at radius 2 is 1.74 bits per heavy atom. The average Bonchev–Trinajstić information content (AvgIpc) is 3.32. The summed E-state index contributed by atoms with van der Waals surface area (Å²) in [5.41, 5.74) is 0.632. The highest BCUT2D eigenvalue weighted by atomic mass is 32.2. The van der Waals surface area contributed by atoms with E-state index in [9.17, 15) is 21.6 Å². The number of hydrogen-bond donors (Lipinski definition) is 0. The topological polar surface area (TPSA) is 72.0 Å². The van der Waals surface area contributed by atoms with Crippen molar-refractivity contribution in [2.24, 2.45) is 0 Å². The molecular formula is C23H24F3N3O4S2. The van der Waals surface area contributed by atoms with Gasteiger partial charge < -0.3 is 14.4 Å². The van der Waals surface area contributed by atoms with Gasteiger partial charge in [0.05, 0.1) is 30.4 Å². The third-order valence-electron chi connectivity index (χ3n) is 5.72. The molecule has 2 heterocycles. The van der Waals surface area contributed by atoms with Gasteiger partial charge in [-0.1, -0.05) is 18.2 Å². The molecular weight excluding hydrogens is 503 g/mol. The fraction of sp³-hybridized carbons (Fsp3) is 0.348. The zero-order valence-electron chi connectivity index (χ0n) is 19.1. The van der Waals surface area contributed by atoms with E-state index in [0.717, 1.165) is 32.8 Å². The molecule has 0 N–H and O–H groups in total. The van der Waals surface area contributed by atoms with E-state index in [0.29, 0.717) is 31.0 Å². The summed E-state index contributed by atoms with van der Waals surface area (Å²) in [6.07, 6.45) is -4.21. The first kappa shape index (κ1) is 25.3. The van der Waals surface area contributed by atoms with E-state index in [-0.39, 0.29) is 13.1 Å². The van der Waals surface area contributed by atoms with Crippen LogP contribution in [0.1, 0.15) is 16.8 Å². The molecule has 0 unspecified atom stereocenters. The molecule has 0 spiro atoms. The van der Waals surface area contributed by atoms with Crippen molar-refractivity contribution in [3.05, 3.63) is 64.7 Å².